The van der Waals surface area contributed by atoms with Crippen LogP contribution in [0.3, 0.4) is 0 Å². The van der Waals surface area contributed by atoms with Gasteiger partial charge >= 0.3 is 12.0 Å². The number of hydrogen-bond acceptors (Lipinski definition) is 3. The average molecular weight is 283 g/mol. The highest BCUT2D eigenvalue weighted by atomic mass is 16.4. The van der Waals surface area contributed by atoms with Crippen LogP contribution in [0.15, 0.2) is 0 Å². The lowest BCUT2D eigenvalue weighted by molar-refractivity contribution is -0.141. The smallest absolute Gasteiger partial charge is 0.329 e. The van der Waals surface area contributed by atoms with E-state index in [0.29, 0.717) is 24.9 Å². The second-order valence-electron chi connectivity index (χ2n) is 6.17. The fraction of sp³-hybridized carbons (Fsp3) is 0.857. The topological polar surface area (TPSA) is 81.7 Å². The number of nitrogens with zero attached hydrogens (tertiary/aromatic N) is 1. The van der Waals surface area contributed by atoms with E-state index >= 15 is 0 Å². The Bertz CT molecular complexity index is 365. The molecule has 1 saturated carbocycles. The van der Waals surface area contributed by atoms with Crippen LogP contribution in [-0.4, -0.2) is 40.2 Å². The third kappa shape index (κ3) is 3.62. The van der Waals surface area contributed by atoms with Gasteiger partial charge in [0.2, 0.25) is 0 Å². The number of hydrogen-bond donors (Lipinski definition) is 3. The zero-order valence-corrected chi connectivity index (χ0v) is 12.3. The summed E-state index contributed by atoms with van der Waals surface area (Å²) >= 11 is 0. The molecular weight excluding hydrogens is 258 g/mol. The van der Waals surface area contributed by atoms with Gasteiger partial charge in [-0.25, -0.2) is 9.80 Å². The predicted molar refractivity (Wildman–Crippen MR) is 75.0 cm³/mol. The number of piperidine rings is 1. The molecule has 0 spiro atoms. The second-order valence-corrected chi connectivity index (χ2v) is 6.17. The van der Waals surface area contributed by atoms with E-state index in [0.717, 1.165) is 19.3 Å². The molecule has 2 aliphatic rings. The van der Waals surface area contributed by atoms with Crippen LogP contribution in [0.25, 0.3) is 0 Å². The van der Waals surface area contributed by atoms with Crippen LogP contribution in [0.1, 0.15) is 52.4 Å². The summed E-state index contributed by atoms with van der Waals surface area (Å²) in [6, 6.07) is 0.466. The lowest BCUT2D eigenvalue weighted by atomic mass is 10.00. The van der Waals surface area contributed by atoms with E-state index in [2.05, 4.69) is 24.6 Å². The molecule has 20 heavy (non-hydrogen) atoms. The number of rotatable bonds is 3. The molecule has 3 N–H and O–H groups in total. The van der Waals surface area contributed by atoms with E-state index in [-0.39, 0.29) is 18.0 Å². The van der Waals surface area contributed by atoms with E-state index < -0.39 is 5.97 Å². The molecule has 6 heteroatoms. The van der Waals surface area contributed by atoms with Gasteiger partial charge in [-0.2, -0.15) is 0 Å². The molecule has 2 amide bonds. The Morgan fingerprint density at radius 3 is 2.30 bits per heavy atom. The number of nitrogens with one attached hydrogen (secondary N) is 2. The van der Waals surface area contributed by atoms with Crippen LogP contribution >= 0.6 is 0 Å². The Morgan fingerprint density at radius 2 is 1.75 bits per heavy atom. The maximum Gasteiger partial charge on any atom is 0.329 e. The Balaban J connectivity index is 1.79. The lowest BCUT2D eigenvalue weighted by Gasteiger charge is -2.38. The maximum atomic E-state index is 12.0. The summed E-state index contributed by atoms with van der Waals surface area (Å²) in [7, 11) is 0. The number of amides is 2. The molecule has 1 saturated heterocycles. The quantitative estimate of drug-likeness (QED) is 0.736. The van der Waals surface area contributed by atoms with Gasteiger partial charge in [0.15, 0.2) is 0 Å². The lowest BCUT2D eigenvalue weighted by Crippen LogP contribution is -2.57. The van der Waals surface area contributed by atoms with Crippen LogP contribution in [0, 0.1) is 5.92 Å². The summed E-state index contributed by atoms with van der Waals surface area (Å²) < 4.78 is 0. The Morgan fingerprint density at radius 1 is 1.10 bits per heavy atom. The number of carbonyl (C=O) groups is 2. The Hall–Kier alpha value is -1.30. The highest BCUT2D eigenvalue weighted by molar-refractivity contribution is 5.74. The van der Waals surface area contributed by atoms with Gasteiger partial charge in [-0.1, -0.05) is 6.42 Å². The second kappa shape index (κ2) is 6.43. The van der Waals surface area contributed by atoms with Gasteiger partial charge in [0, 0.05) is 18.1 Å². The molecule has 0 aromatic heterocycles. The monoisotopic (exact) mass is 283 g/mol. The molecule has 0 radical (unpaired) electrons. The zero-order chi connectivity index (χ0) is 14.7. The van der Waals surface area contributed by atoms with Gasteiger partial charge in [-0.3, -0.25) is 10.2 Å². The molecule has 6 nitrogen and oxygen atoms in total. The van der Waals surface area contributed by atoms with Gasteiger partial charge in [-0.05, 0) is 46.0 Å². The first-order valence-electron chi connectivity index (χ1n) is 7.55. The molecule has 2 rings (SSSR count). The Labute approximate surface area is 119 Å². The highest BCUT2D eigenvalue weighted by Gasteiger charge is 2.31. The average Bonchev–Trinajstić information content (AvgIpc) is 2.82. The van der Waals surface area contributed by atoms with Gasteiger partial charge in [-0.15, -0.1) is 0 Å². The molecule has 0 aromatic carbocycles. The minimum atomic E-state index is -0.756. The molecule has 1 heterocycles. The molecule has 114 valence electrons. The normalized spacial score (nSPS) is 34.7. The summed E-state index contributed by atoms with van der Waals surface area (Å²) in [6.45, 7) is 4.23. The predicted octanol–water partition coefficient (Wildman–Crippen LogP) is 1.72. The van der Waals surface area contributed by atoms with Gasteiger partial charge in [0.25, 0.3) is 0 Å². The molecule has 1 aliphatic carbocycles. The number of aliphatic carboxylic acids is 1. The van der Waals surface area contributed by atoms with Crippen LogP contribution in [0.2, 0.25) is 0 Å². The zero-order valence-electron chi connectivity index (χ0n) is 12.3. The van der Waals surface area contributed by atoms with Crippen molar-refractivity contribution in [3.63, 3.8) is 0 Å². The van der Waals surface area contributed by atoms with Crippen LogP contribution < -0.4 is 10.7 Å². The van der Waals surface area contributed by atoms with Crippen molar-refractivity contribution in [1.29, 1.82) is 0 Å². The van der Waals surface area contributed by atoms with Crippen LogP contribution in [-0.2, 0) is 4.79 Å². The van der Waals surface area contributed by atoms with Crippen molar-refractivity contribution in [2.75, 3.05) is 0 Å². The van der Waals surface area contributed by atoms with E-state index in [4.69, 9.17) is 5.11 Å². The minimum absolute atomic E-state index is 0.0218. The molecule has 4 atom stereocenters. The van der Waals surface area contributed by atoms with Crippen molar-refractivity contribution in [3.05, 3.63) is 0 Å². The molecule has 0 bridgehead atoms. The summed E-state index contributed by atoms with van der Waals surface area (Å²) in [4.78, 5) is 22.9. The number of urea groups is 1. The van der Waals surface area contributed by atoms with Crippen molar-refractivity contribution in [1.82, 2.24) is 15.8 Å². The molecule has 2 fully saturated rings. The summed E-state index contributed by atoms with van der Waals surface area (Å²) in [5, 5.41) is 13.9. The van der Waals surface area contributed by atoms with E-state index in [1.165, 1.54) is 6.42 Å². The van der Waals surface area contributed by atoms with Gasteiger partial charge < -0.3 is 10.4 Å². The summed E-state index contributed by atoms with van der Waals surface area (Å²) in [5.74, 6) is -1.07. The largest absolute Gasteiger partial charge is 0.481 e. The number of carboxylic acid groups (broad SMARTS) is 1. The van der Waals surface area contributed by atoms with Crippen molar-refractivity contribution in [2.45, 2.75) is 70.5 Å². The van der Waals surface area contributed by atoms with E-state index in [1.807, 2.05) is 5.01 Å². The Kier molecular flexibility index (Phi) is 4.86. The summed E-state index contributed by atoms with van der Waals surface area (Å²) in [6.07, 6.45) is 5.31. The molecule has 0 aromatic rings. The first-order valence-corrected chi connectivity index (χ1v) is 7.55. The number of carboxylic acids is 1. The standard InChI is InChI=1S/C14H25N3O3/c1-9-4-3-5-10(2)17(9)16-14(20)15-12-7-6-11(8-12)13(18)19/h9-12H,3-8H2,1-2H3,(H,18,19)(H2,15,16,20). The number of carbonyl (C=O) groups excluding carboxylic acids is 1. The van der Waals surface area contributed by atoms with Gasteiger partial charge in [0.1, 0.15) is 0 Å². The van der Waals surface area contributed by atoms with Crippen LogP contribution in [0.4, 0.5) is 4.79 Å². The highest BCUT2D eigenvalue weighted by Crippen LogP contribution is 2.25. The SMILES string of the molecule is CC1CCCC(C)N1NC(=O)NC1CCC(C(=O)O)C1. The maximum absolute atomic E-state index is 12.0. The van der Waals surface area contributed by atoms with Crippen LogP contribution in [0.5, 0.6) is 0 Å². The fourth-order valence-electron chi connectivity index (χ4n) is 3.31. The van der Waals surface area contributed by atoms with E-state index in [9.17, 15) is 9.59 Å². The van der Waals surface area contributed by atoms with Crippen molar-refractivity contribution < 1.29 is 14.7 Å². The van der Waals surface area contributed by atoms with Crippen molar-refractivity contribution >= 4 is 12.0 Å². The van der Waals surface area contributed by atoms with Crippen molar-refractivity contribution in [2.24, 2.45) is 5.92 Å². The first-order chi connectivity index (χ1) is 9.47. The molecule has 1 aliphatic heterocycles. The van der Waals surface area contributed by atoms with Crippen molar-refractivity contribution in [3.8, 4) is 0 Å². The number of hydrazine groups is 1. The first kappa shape index (κ1) is 15.1. The third-order valence-corrected chi connectivity index (χ3v) is 4.54. The van der Waals surface area contributed by atoms with Gasteiger partial charge in [0.05, 0.1) is 5.92 Å². The third-order valence-electron chi connectivity index (χ3n) is 4.54. The van der Waals surface area contributed by atoms with E-state index in [1.54, 1.807) is 0 Å². The molecular formula is C14H25N3O3. The molecule has 4 unspecified atom stereocenters. The summed E-state index contributed by atoms with van der Waals surface area (Å²) in [5.41, 5.74) is 2.93. The minimum Gasteiger partial charge on any atom is -0.481 e. The fourth-order valence-corrected chi connectivity index (χ4v) is 3.31.